The molecule has 14 heavy (non-hydrogen) atoms. The van der Waals surface area contributed by atoms with Gasteiger partial charge in [0.25, 0.3) is 0 Å². The molecule has 4 nitrogen and oxygen atoms in total. The van der Waals surface area contributed by atoms with Crippen molar-refractivity contribution in [3.8, 4) is 0 Å². The second-order valence-electron chi connectivity index (χ2n) is 4.57. The van der Waals surface area contributed by atoms with E-state index in [-0.39, 0.29) is 12.1 Å². The van der Waals surface area contributed by atoms with Crippen LogP contribution in [0, 0.1) is 0 Å². The third-order valence-corrected chi connectivity index (χ3v) is 3.30. The van der Waals surface area contributed by atoms with Gasteiger partial charge in [0.1, 0.15) is 0 Å². The van der Waals surface area contributed by atoms with E-state index in [0.717, 1.165) is 19.3 Å². The zero-order chi connectivity index (χ0) is 10.1. The maximum Gasteiger partial charge on any atom is 0.317 e. The Balaban J connectivity index is 1.84. The summed E-state index contributed by atoms with van der Waals surface area (Å²) in [5.74, 6) is 0. The number of nitrogens with two attached hydrogens (primary N) is 1. The average molecular weight is 197 g/mol. The van der Waals surface area contributed by atoms with Crippen LogP contribution in [0.3, 0.4) is 0 Å². The fourth-order valence-electron chi connectivity index (χ4n) is 2.17. The average Bonchev–Trinajstić information content (AvgIpc) is 2.37. The smallest absolute Gasteiger partial charge is 0.317 e. The van der Waals surface area contributed by atoms with Crippen LogP contribution in [0.1, 0.15) is 32.6 Å². The largest absolute Gasteiger partial charge is 0.335 e. The summed E-state index contributed by atoms with van der Waals surface area (Å²) in [6, 6.07) is 0.962. The first-order valence-electron chi connectivity index (χ1n) is 5.49. The van der Waals surface area contributed by atoms with Crippen molar-refractivity contribution in [1.29, 1.82) is 0 Å². The molecule has 2 rings (SSSR count). The minimum absolute atomic E-state index is 0.0788. The predicted molar refractivity (Wildman–Crippen MR) is 54.9 cm³/mol. The summed E-state index contributed by atoms with van der Waals surface area (Å²) in [5.41, 5.74) is 5.81. The normalized spacial score (nSPS) is 32.9. The van der Waals surface area contributed by atoms with Crippen molar-refractivity contribution >= 4 is 6.03 Å². The summed E-state index contributed by atoms with van der Waals surface area (Å²) in [7, 11) is 0. The molecule has 0 radical (unpaired) electrons. The van der Waals surface area contributed by atoms with Gasteiger partial charge in [-0.05, 0) is 32.6 Å². The molecule has 1 saturated heterocycles. The lowest BCUT2D eigenvalue weighted by Gasteiger charge is -2.30. The van der Waals surface area contributed by atoms with Gasteiger partial charge in [-0.15, -0.1) is 0 Å². The minimum Gasteiger partial charge on any atom is -0.335 e. The van der Waals surface area contributed by atoms with Gasteiger partial charge in [-0.2, -0.15) is 0 Å². The quantitative estimate of drug-likeness (QED) is 0.649. The first kappa shape index (κ1) is 9.77. The van der Waals surface area contributed by atoms with Crippen molar-refractivity contribution in [2.75, 3.05) is 6.54 Å². The fraction of sp³-hybridized carbons (Fsp3) is 0.900. The van der Waals surface area contributed by atoms with E-state index < -0.39 is 0 Å². The molecule has 2 amide bonds. The molecule has 1 aliphatic carbocycles. The monoisotopic (exact) mass is 197 g/mol. The highest BCUT2D eigenvalue weighted by Gasteiger charge is 2.31. The van der Waals surface area contributed by atoms with Crippen LogP contribution in [0.5, 0.6) is 0 Å². The molecule has 0 aromatic carbocycles. The molecular formula is C10H19N3O. The second-order valence-corrected chi connectivity index (χ2v) is 4.57. The summed E-state index contributed by atoms with van der Waals surface area (Å²) in [5, 5.41) is 3.04. The lowest BCUT2D eigenvalue weighted by atomic mass is 9.93. The number of nitrogens with one attached hydrogen (secondary N) is 1. The van der Waals surface area contributed by atoms with E-state index in [2.05, 4.69) is 12.2 Å². The number of carbonyl (C=O) groups is 1. The summed E-state index contributed by atoms with van der Waals surface area (Å²) in [4.78, 5) is 13.6. The second kappa shape index (κ2) is 3.77. The van der Waals surface area contributed by atoms with Gasteiger partial charge in [-0.25, -0.2) is 4.79 Å². The fourth-order valence-corrected chi connectivity index (χ4v) is 2.17. The highest BCUT2D eigenvalue weighted by molar-refractivity contribution is 5.75. The Kier molecular flexibility index (Phi) is 2.63. The van der Waals surface area contributed by atoms with Crippen LogP contribution < -0.4 is 11.1 Å². The molecule has 1 heterocycles. The van der Waals surface area contributed by atoms with Gasteiger partial charge >= 0.3 is 6.03 Å². The van der Waals surface area contributed by atoms with Crippen molar-refractivity contribution in [3.63, 3.8) is 0 Å². The number of rotatable bonds is 1. The van der Waals surface area contributed by atoms with Gasteiger partial charge < -0.3 is 16.0 Å². The van der Waals surface area contributed by atoms with Crippen molar-refractivity contribution < 1.29 is 4.79 Å². The third kappa shape index (κ3) is 1.85. The van der Waals surface area contributed by atoms with E-state index >= 15 is 0 Å². The molecule has 2 fully saturated rings. The molecule has 0 aromatic rings. The Morgan fingerprint density at radius 1 is 1.50 bits per heavy atom. The van der Waals surface area contributed by atoms with Crippen molar-refractivity contribution in [2.45, 2.75) is 50.7 Å². The summed E-state index contributed by atoms with van der Waals surface area (Å²) in [6.07, 6.45) is 4.46. The van der Waals surface area contributed by atoms with E-state index in [9.17, 15) is 4.79 Å². The SMILES string of the molecule is CC1CC(N)CN1C(=O)NC1CCC1. The molecule has 1 aliphatic heterocycles. The van der Waals surface area contributed by atoms with Gasteiger partial charge in [0.2, 0.25) is 0 Å². The molecule has 0 bridgehead atoms. The van der Waals surface area contributed by atoms with E-state index in [4.69, 9.17) is 5.73 Å². The molecule has 1 saturated carbocycles. The van der Waals surface area contributed by atoms with Crippen LogP contribution in [0.2, 0.25) is 0 Å². The van der Waals surface area contributed by atoms with E-state index in [0.29, 0.717) is 18.6 Å². The number of likely N-dealkylation sites (tertiary alicyclic amines) is 1. The molecule has 0 aromatic heterocycles. The zero-order valence-corrected chi connectivity index (χ0v) is 8.70. The molecule has 2 aliphatic rings. The molecule has 80 valence electrons. The van der Waals surface area contributed by atoms with Gasteiger partial charge in [-0.3, -0.25) is 0 Å². The van der Waals surface area contributed by atoms with Gasteiger partial charge in [-0.1, -0.05) is 0 Å². The number of urea groups is 1. The topological polar surface area (TPSA) is 58.4 Å². The summed E-state index contributed by atoms with van der Waals surface area (Å²) in [6.45, 7) is 2.77. The molecule has 0 spiro atoms. The third-order valence-electron chi connectivity index (χ3n) is 3.30. The van der Waals surface area contributed by atoms with Crippen LogP contribution in [-0.4, -0.2) is 35.6 Å². The maximum atomic E-state index is 11.8. The van der Waals surface area contributed by atoms with Gasteiger partial charge in [0.05, 0.1) is 0 Å². The molecular weight excluding hydrogens is 178 g/mol. The Morgan fingerprint density at radius 2 is 2.21 bits per heavy atom. The number of hydrogen-bond donors (Lipinski definition) is 2. The van der Waals surface area contributed by atoms with E-state index in [1.165, 1.54) is 6.42 Å². The lowest BCUT2D eigenvalue weighted by molar-refractivity contribution is 0.184. The minimum atomic E-state index is 0.0788. The Morgan fingerprint density at radius 3 is 2.64 bits per heavy atom. The van der Waals surface area contributed by atoms with Crippen LogP contribution in [0.15, 0.2) is 0 Å². The van der Waals surface area contributed by atoms with Crippen LogP contribution in [0.4, 0.5) is 4.79 Å². The number of nitrogens with zero attached hydrogens (tertiary/aromatic N) is 1. The van der Waals surface area contributed by atoms with Crippen molar-refractivity contribution in [3.05, 3.63) is 0 Å². The predicted octanol–water partition coefficient (Wildman–Crippen LogP) is 0.670. The van der Waals surface area contributed by atoms with Crippen molar-refractivity contribution in [2.24, 2.45) is 5.73 Å². The highest BCUT2D eigenvalue weighted by atomic mass is 16.2. The van der Waals surface area contributed by atoms with Gasteiger partial charge in [0, 0.05) is 24.7 Å². The molecule has 2 atom stereocenters. The van der Waals surface area contributed by atoms with E-state index in [1.807, 2.05) is 4.90 Å². The van der Waals surface area contributed by atoms with Crippen molar-refractivity contribution in [1.82, 2.24) is 10.2 Å². The Hall–Kier alpha value is -0.770. The molecule has 3 N–H and O–H groups in total. The van der Waals surface area contributed by atoms with Crippen LogP contribution >= 0.6 is 0 Å². The molecule has 4 heteroatoms. The maximum absolute atomic E-state index is 11.8. The highest BCUT2D eigenvalue weighted by Crippen LogP contribution is 2.20. The lowest BCUT2D eigenvalue weighted by Crippen LogP contribution is -2.48. The number of carbonyl (C=O) groups excluding carboxylic acids is 1. The van der Waals surface area contributed by atoms with Crippen LogP contribution in [-0.2, 0) is 0 Å². The number of hydrogen-bond acceptors (Lipinski definition) is 2. The summed E-state index contributed by atoms with van der Waals surface area (Å²) >= 11 is 0. The molecule has 2 unspecified atom stereocenters. The first-order valence-corrected chi connectivity index (χ1v) is 5.49. The standard InChI is InChI=1S/C10H19N3O/c1-7-5-8(11)6-13(7)10(14)12-9-3-2-4-9/h7-9H,2-6,11H2,1H3,(H,12,14). The summed E-state index contributed by atoms with van der Waals surface area (Å²) < 4.78 is 0. The van der Waals surface area contributed by atoms with E-state index in [1.54, 1.807) is 0 Å². The first-order chi connectivity index (χ1) is 6.66. The number of amides is 2. The van der Waals surface area contributed by atoms with Gasteiger partial charge in [0.15, 0.2) is 0 Å². The Bertz CT molecular complexity index is 227. The van der Waals surface area contributed by atoms with Crippen LogP contribution in [0.25, 0.3) is 0 Å². The zero-order valence-electron chi connectivity index (χ0n) is 8.70. The Labute approximate surface area is 84.8 Å².